The van der Waals surface area contributed by atoms with Crippen LogP contribution >= 0.6 is 0 Å². The summed E-state index contributed by atoms with van der Waals surface area (Å²) in [4.78, 5) is 16.1. The molecule has 110 valence electrons. The zero-order valence-electron chi connectivity index (χ0n) is 12.2. The van der Waals surface area contributed by atoms with Crippen LogP contribution in [0.3, 0.4) is 0 Å². The van der Waals surface area contributed by atoms with Crippen LogP contribution in [0.4, 0.5) is 5.69 Å². The van der Waals surface area contributed by atoms with Crippen LogP contribution in [0.2, 0.25) is 0 Å². The molecule has 1 aliphatic rings. The molecule has 0 saturated carbocycles. The number of hydrogen-bond acceptors (Lipinski definition) is 4. The number of nitrogens with one attached hydrogen (secondary N) is 1. The first-order valence-electron chi connectivity index (χ1n) is 7.11. The number of rotatable bonds is 4. The van der Waals surface area contributed by atoms with Crippen molar-refractivity contribution < 1.29 is 9.90 Å². The molecule has 1 aromatic rings. The number of phenols is 1. The summed E-state index contributed by atoms with van der Waals surface area (Å²) in [5.74, 6) is 0.450. The fourth-order valence-electron chi connectivity index (χ4n) is 2.28. The first-order valence-corrected chi connectivity index (χ1v) is 7.11. The molecule has 1 amide bonds. The number of amides is 1. The third kappa shape index (κ3) is 3.87. The Kier molecular flexibility index (Phi) is 4.84. The molecule has 0 atom stereocenters. The van der Waals surface area contributed by atoms with Crippen molar-refractivity contribution >= 4 is 11.6 Å². The van der Waals surface area contributed by atoms with E-state index in [0.29, 0.717) is 12.6 Å². The summed E-state index contributed by atoms with van der Waals surface area (Å²) in [6.07, 6.45) is 0. The Labute approximate surface area is 120 Å². The van der Waals surface area contributed by atoms with E-state index in [1.807, 2.05) is 30.9 Å². The van der Waals surface area contributed by atoms with Crippen LogP contribution in [0.5, 0.6) is 5.75 Å². The predicted molar refractivity (Wildman–Crippen MR) is 80.0 cm³/mol. The van der Waals surface area contributed by atoms with Crippen LogP contribution in [0.25, 0.3) is 0 Å². The van der Waals surface area contributed by atoms with E-state index in [1.54, 1.807) is 12.1 Å². The summed E-state index contributed by atoms with van der Waals surface area (Å²) in [7, 11) is 0. The minimum atomic E-state index is 0.170. The topological polar surface area (TPSA) is 55.8 Å². The molecule has 2 N–H and O–H groups in total. The van der Waals surface area contributed by atoms with Gasteiger partial charge in [-0.3, -0.25) is 4.79 Å². The maximum atomic E-state index is 12.0. The van der Waals surface area contributed by atoms with Gasteiger partial charge in [0.15, 0.2) is 0 Å². The largest absolute Gasteiger partial charge is 0.508 e. The van der Waals surface area contributed by atoms with E-state index in [2.05, 4.69) is 10.2 Å². The molecule has 0 bridgehead atoms. The maximum Gasteiger partial charge on any atom is 0.236 e. The first-order chi connectivity index (χ1) is 9.56. The Bertz CT molecular complexity index is 437. The van der Waals surface area contributed by atoms with Crippen LogP contribution in [-0.4, -0.2) is 54.7 Å². The number of aromatic hydroxyl groups is 1. The Balaban J connectivity index is 1.83. The lowest BCUT2D eigenvalue weighted by Gasteiger charge is -2.36. The summed E-state index contributed by atoms with van der Waals surface area (Å²) in [6.45, 7) is 7.65. The average molecular weight is 277 g/mol. The van der Waals surface area contributed by atoms with Crippen molar-refractivity contribution in [1.82, 2.24) is 10.2 Å². The summed E-state index contributed by atoms with van der Waals surface area (Å²) in [6, 6.07) is 7.54. The zero-order chi connectivity index (χ0) is 14.5. The lowest BCUT2D eigenvalue weighted by Crippen LogP contribution is -2.51. The molecule has 0 radical (unpaired) electrons. The van der Waals surface area contributed by atoms with Gasteiger partial charge < -0.3 is 20.2 Å². The van der Waals surface area contributed by atoms with E-state index in [0.717, 1.165) is 31.9 Å². The quantitative estimate of drug-likeness (QED) is 0.863. The van der Waals surface area contributed by atoms with Gasteiger partial charge in [-0.15, -0.1) is 0 Å². The van der Waals surface area contributed by atoms with Crippen LogP contribution < -0.4 is 10.2 Å². The van der Waals surface area contributed by atoms with Gasteiger partial charge in [-0.1, -0.05) is 13.8 Å². The van der Waals surface area contributed by atoms with Crippen molar-refractivity contribution in [2.75, 3.05) is 37.6 Å². The second-order valence-corrected chi connectivity index (χ2v) is 5.42. The van der Waals surface area contributed by atoms with Gasteiger partial charge >= 0.3 is 0 Å². The van der Waals surface area contributed by atoms with Crippen LogP contribution in [0.1, 0.15) is 13.8 Å². The molecule has 2 rings (SSSR count). The molecule has 0 spiro atoms. The highest BCUT2D eigenvalue weighted by Crippen LogP contribution is 2.19. The molecule has 1 fully saturated rings. The standard InChI is InChI=1S/C15H23N3O2/c1-12(2)16-11-15(20)18-9-7-17(8-10-18)13-3-5-14(19)6-4-13/h3-6,12,16,19H,7-11H2,1-2H3. The zero-order valence-corrected chi connectivity index (χ0v) is 12.2. The van der Waals surface area contributed by atoms with Gasteiger partial charge in [-0.05, 0) is 24.3 Å². The van der Waals surface area contributed by atoms with Gasteiger partial charge in [0.2, 0.25) is 5.91 Å². The first kappa shape index (κ1) is 14.7. The number of hydrogen-bond donors (Lipinski definition) is 2. The lowest BCUT2D eigenvalue weighted by atomic mass is 10.2. The number of carbonyl (C=O) groups excluding carboxylic acids is 1. The van der Waals surface area contributed by atoms with Crippen LogP contribution in [0.15, 0.2) is 24.3 Å². The van der Waals surface area contributed by atoms with Crippen molar-refractivity contribution in [3.05, 3.63) is 24.3 Å². The maximum absolute atomic E-state index is 12.0. The van der Waals surface area contributed by atoms with E-state index in [4.69, 9.17) is 0 Å². The van der Waals surface area contributed by atoms with E-state index < -0.39 is 0 Å². The number of carbonyl (C=O) groups is 1. The Hall–Kier alpha value is -1.75. The molecule has 5 nitrogen and oxygen atoms in total. The summed E-state index contributed by atoms with van der Waals surface area (Å²) < 4.78 is 0. The molecular formula is C15H23N3O2. The number of piperazine rings is 1. The monoisotopic (exact) mass is 277 g/mol. The highest BCUT2D eigenvalue weighted by Gasteiger charge is 2.20. The highest BCUT2D eigenvalue weighted by molar-refractivity contribution is 5.78. The Morgan fingerprint density at radius 3 is 2.35 bits per heavy atom. The number of nitrogens with zero attached hydrogens (tertiary/aromatic N) is 2. The average Bonchev–Trinajstić information content (AvgIpc) is 2.46. The summed E-state index contributed by atoms with van der Waals surface area (Å²) in [5.41, 5.74) is 1.09. The molecule has 1 aliphatic heterocycles. The highest BCUT2D eigenvalue weighted by atomic mass is 16.3. The molecule has 0 aliphatic carbocycles. The van der Waals surface area contributed by atoms with E-state index in [9.17, 15) is 9.90 Å². The Morgan fingerprint density at radius 1 is 1.20 bits per heavy atom. The smallest absolute Gasteiger partial charge is 0.236 e. The van der Waals surface area contributed by atoms with Gasteiger partial charge in [0.1, 0.15) is 5.75 Å². The fourth-order valence-corrected chi connectivity index (χ4v) is 2.28. The third-order valence-corrected chi connectivity index (χ3v) is 3.51. The van der Waals surface area contributed by atoms with Crippen molar-refractivity contribution in [3.63, 3.8) is 0 Å². The van der Waals surface area contributed by atoms with E-state index in [-0.39, 0.29) is 11.7 Å². The van der Waals surface area contributed by atoms with Crippen molar-refractivity contribution in [1.29, 1.82) is 0 Å². The van der Waals surface area contributed by atoms with Gasteiger partial charge in [0.05, 0.1) is 6.54 Å². The Morgan fingerprint density at radius 2 is 1.80 bits per heavy atom. The van der Waals surface area contributed by atoms with E-state index in [1.165, 1.54) is 0 Å². The van der Waals surface area contributed by atoms with Crippen molar-refractivity contribution in [2.24, 2.45) is 0 Å². The summed E-state index contributed by atoms with van der Waals surface area (Å²) in [5, 5.41) is 12.5. The number of anilines is 1. The normalized spacial score (nSPS) is 15.8. The van der Waals surface area contributed by atoms with Gasteiger partial charge in [-0.2, -0.15) is 0 Å². The van der Waals surface area contributed by atoms with Crippen molar-refractivity contribution in [2.45, 2.75) is 19.9 Å². The second-order valence-electron chi connectivity index (χ2n) is 5.42. The van der Waals surface area contributed by atoms with Gasteiger partial charge in [-0.25, -0.2) is 0 Å². The predicted octanol–water partition coefficient (Wildman–Crippen LogP) is 1.04. The SMILES string of the molecule is CC(C)NCC(=O)N1CCN(c2ccc(O)cc2)CC1. The van der Waals surface area contributed by atoms with Crippen LogP contribution in [0, 0.1) is 0 Å². The van der Waals surface area contributed by atoms with Gasteiger partial charge in [0, 0.05) is 37.9 Å². The van der Waals surface area contributed by atoms with Crippen LogP contribution in [-0.2, 0) is 4.79 Å². The molecule has 5 heteroatoms. The van der Waals surface area contributed by atoms with Gasteiger partial charge in [0.25, 0.3) is 0 Å². The fraction of sp³-hybridized carbons (Fsp3) is 0.533. The minimum absolute atomic E-state index is 0.170. The van der Waals surface area contributed by atoms with E-state index >= 15 is 0 Å². The third-order valence-electron chi connectivity index (χ3n) is 3.51. The second kappa shape index (κ2) is 6.61. The molecule has 0 unspecified atom stereocenters. The minimum Gasteiger partial charge on any atom is -0.508 e. The van der Waals surface area contributed by atoms with Crippen molar-refractivity contribution in [3.8, 4) is 5.75 Å². The number of phenolic OH excluding ortho intramolecular Hbond substituents is 1. The molecule has 1 saturated heterocycles. The lowest BCUT2D eigenvalue weighted by molar-refractivity contribution is -0.130. The molecule has 0 aromatic heterocycles. The molecule has 1 heterocycles. The molecule has 20 heavy (non-hydrogen) atoms. The number of benzene rings is 1. The molecular weight excluding hydrogens is 254 g/mol. The summed E-state index contributed by atoms with van der Waals surface area (Å²) >= 11 is 0. The molecule has 1 aromatic carbocycles.